The summed E-state index contributed by atoms with van der Waals surface area (Å²) in [4.78, 5) is 34.5. The molecule has 0 aliphatic rings. The van der Waals surface area contributed by atoms with Crippen LogP contribution in [0.5, 0.6) is 0 Å². The smallest absolute Gasteiger partial charge is 0.357 e. The monoisotopic (exact) mass is 597 g/mol. The Bertz CT molecular complexity index is 1820. The first-order valence-electron chi connectivity index (χ1n) is 14.0. The highest BCUT2D eigenvalue weighted by Crippen LogP contribution is 2.23. The number of aromatic nitrogens is 3. The SMILES string of the molecule is COC(=O)c1ncccc1-c1ccccc1.O=C(O)c1ncccc1-c1ccccc1.OCc1ncccc1-c1ccccc1. The number of pyridine rings is 3. The summed E-state index contributed by atoms with van der Waals surface area (Å²) in [6, 6.07) is 39.9. The van der Waals surface area contributed by atoms with Crippen LogP contribution in [0, 0.1) is 0 Å². The molecule has 0 fully saturated rings. The van der Waals surface area contributed by atoms with Gasteiger partial charge in [0.25, 0.3) is 0 Å². The molecule has 0 radical (unpaired) electrons. The minimum absolute atomic E-state index is 0.0228. The number of nitrogens with zero attached hydrogens (tertiary/aromatic N) is 3. The molecule has 0 saturated carbocycles. The lowest BCUT2D eigenvalue weighted by atomic mass is 10.0. The Morgan fingerprint density at radius 1 is 0.556 bits per heavy atom. The maximum atomic E-state index is 11.5. The number of hydrogen-bond acceptors (Lipinski definition) is 7. The van der Waals surface area contributed by atoms with Gasteiger partial charge in [-0.2, -0.15) is 0 Å². The third-order valence-corrected chi connectivity index (χ3v) is 6.49. The molecule has 0 amide bonds. The second-order valence-corrected chi connectivity index (χ2v) is 9.35. The number of aliphatic hydroxyl groups excluding tert-OH is 1. The summed E-state index contributed by atoms with van der Waals surface area (Å²) in [6.07, 6.45) is 4.76. The number of rotatable bonds is 6. The Kier molecular flexibility index (Phi) is 11.8. The molecule has 8 heteroatoms. The van der Waals surface area contributed by atoms with Gasteiger partial charge >= 0.3 is 11.9 Å². The fourth-order valence-corrected chi connectivity index (χ4v) is 4.39. The third-order valence-electron chi connectivity index (χ3n) is 6.49. The number of carbonyl (C=O) groups excluding carboxylic acids is 1. The van der Waals surface area contributed by atoms with Gasteiger partial charge in [-0.1, -0.05) is 109 Å². The molecule has 2 N–H and O–H groups in total. The van der Waals surface area contributed by atoms with Gasteiger partial charge in [-0.05, 0) is 34.9 Å². The Labute approximate surface area is 261 Å². The molecular weight excluding hydrogens is 566 g/mol. The molecule has 6 rings (SSSR count). The number of aliphatic hydroxyl groups is 1. The molecule has 45 heavy (non-hydrogen) atoms. The first-order chi connectivity index (χ1) is 22.0. The van der Waals surface area contributed by atoms with Crippen LogP contribution in [0.1, 0.15) is 26.7 Å². The normalized spacial score (nSPS) is 9.91. The summed E-state index contributed by atoms with van der Waals surface area (Å²) in [6.45, 7) is -0.0228. The molecule has 224 valence electrons. The van der Waals surface area contributed by atoms with E-state index in [1.54, 1.807) is 30.6 Å². The van der Waals surface area contributed by atoms with Crippen LogP contribution in [0.25, 0.3) is 33.4 Å². The number of carboxylic acid groups (broad SMARTS) is 1. The molecule has 8 nitrogen and oxygen atoms in total. The van der Waals surface area contributed by atoms with E-state index in [2.05, 4.69) is 15.0 Å². The van der Waals surface area contributed by atoms with E-state index in [0.29, 0.717) is 11.3 Å². The van der Waals surface area contributed by atoms with E-state index in [9.17, 15) is 9.59 Å². The number of methoxy groups -OCH3 is 1. The molecule has 3 aromatic carbocycles. The Morgan fingerprint density at radius 3 is 1.40 bits per heavy atom. The van der Waals surface area contributed by atoms with Crippen LogP contribution in [0.4, 0.5) is 0 Å². The maximum Gasteiger partial charge on any atom is 0.357 e. The fraction of sp³-hybridized carbons (Fsp3) is 0.0541. The van der Waals surface area contributed by atoms with Gasteiger partial charge in [0.2, 0.25) is 0 Å². The van der Waals surface area contributed by atoms with Gasteiger partial charge in [-0.25, -0.2) is 19.6 Å². The molecule has 0 unspecified atom stereocenters. The molecule has 0 spiro atoms. The van der Waals surface area contributed by atoms with Crippen molar-refractivity contribution in [3.05, 3.63) is 163 Å². The summed E-state index contributed by atoms with van der Waals surface area (Å²) in [5.41, 5.74) is 6.48. The van der Waals surface area contributed by atoms with Crippen molar-refractivity contribution in [3.63, 3.8) is 0 Å². The van der Waals surface area contributed by atoms with Gasteiger partial charge in [0, 0.05) is 35.3 Å². The minimum atomic E-state index is -1.01. The number of carbonyl (C=O) groups is 2. The molecule has 3 heterocycles. The summed E-state index contributed by atoms with van der Waals surface area (Å²) < 4.78 is 4.70. The largest absolute Gasteiger partial charge is 0.476 e. The third kappa shape index (κ3) is 8.76. The minimum Gasteiger partial charge on any atom is -0.476 e. The molecule has 0 saturated heterocycles. The number of carboxylic acids is 1. The number of ether oxygens (including phenoxy) is 1. The van der Waals surface area contributed by atoms with E-state index in [-0.39, 0.29) is 12.3 Å². The molecule has 6 aromatic rings. The predicted molar refractivity (Wildman–Crippen MR) is 173 cm³/mol. The topological polar surface area (TPSA) is 122 Å². The molecule has 0 aliphatic heterocycles. The summed E-state index contributed by atoms with van der Waals surface area (Å²) in [5.74, 6) is -1.42. The van der Waals surface area contributed by atoms with Crippen molar-refractivity contribution in [1.29, 1.82) is 0 Å². The number of aromatic carboxylic acids is 1. The van der Waals surface area contributed by atoms with Gasteiger partial charge in [-0.3, -0.25) is 4.98 Å². The lowest BCUT2D eigenvalue weighted by Crippen LogP contribution is -2.05. The highest BCUT2D eigenvalue weighted by Gasteiger charge is 2.14. The van der Waals surface area contributed by atoms with E-state index in [1.807, 2.05) is 109 Å². The Balaban J connectivity index is 0.000000154. The standard InChI is InChI=1S/C13H11NO2.C12H9NO2.C12H11NO/c1-16-13(15)12-11(8-5-9-14-12)10-6-3-2-4-7-10;14-12(15)11-10(7-4-8-13-11)9-5-2-1-3-6-9;14-9-12-11(7-4-8-13-12)10-5-2-1-3-6-10/h2-9H,1H3;1-8H,(H,14,15);1-8,14H,9H2. The lowest BCUT2D eigenvalue weighted by Gasteiger charge is -2.06. The van der Waals surface area contributed by atoms with Gasteiger partial charge in [-0.15, -0.1) is 0 Å². The molecule has 0 aliphatic carbocycles. The van der Waals surface area contributed by atoms with Crippen LogP contribution in [0.15, 0.2) is 146 Å². The van der Waals surface area contributed by atoms with Crippen LogP contribution in [0.2, 0.25) is 0 Å². The van der Waals surface area contributed by atoms with Crippen LogP contribution >= 0.6 is 0 Å². The predicted octanol–water partition coefficient (Wildman–Crippen LogP) is 7.22. The highest BCUT2D eigenvalue weighted by atomic mass is 16.5. The molecule has 0 atom stereocenters. The molecule has 3 aromatic heterocycles. The lowest BCUT2D eigenvalue weighted by molar-refractivity contribution is 0.0594. The van der Waals surface area contributed by atoms with Crippen molar-refractivity contribution in [2.75, 3.05) is 7.11 Å². The van der Waals surface area contributed by atoms with Crippen molar-refractivity contribution in [3.8, 4) is 33.4 Å². The number of esters is 1. The average Bonchev–Trinajstić information content (AvgIpc) is 3.13. The molecular formula is C37H31N3O5. The second-order valence-electron chi connectivity index (χ2n) is 9.35. The van der Waals surface area contributed by atoms with E-state index in [0.717, 1.165) is 33.5 Å². The van der Waals surface area contributed by atoms with Crippen molar-refractivity contribution in [2.45, 2.75) is 6.61 Å². The number of hydrogen-bond donors (Lipinski definition) is 2. The Morgan fingerprint density at radius 2 is 0.956 bits per heavy atom. The van der Waals surface area contributed by atoms with Gasteiger partial charge in [0.1, 0.15) is 0 Å². The van der Waals surface area contributed by atoms with Crippen molar-refractivity contribution in [2.24, 2.45) is 0 Å². The molecule has 0 bridgehead atoms. The van der Waals surface area contributed by atoms with Crippen molar-refractivity contribution < 1.29 is 24.5 Å². The summed E-state index contributed by atoms with van der Waals surface area (Å²) >= 11 is 0. The maximum absolute atomic E-state index is 11.5. The van der Waals surface area contributed by atoms with E-state index < -0.39 is 11.9 Å². The quantitative estimate of drug-likeness (QED) is 0.193. The fourth-order valence-electron chi connectivity index (χ4n) is 4.39. The van der Waals surface area contributed by atoms with Gasteiger partial charge in [0.05, 0.1) is 19.4 Å². The van der Waals surface area contributed by atoms with Crippen LogP contribution < -0.4 is 0 Å². The zero-order valence-corrected chi connectivity index (χ0v) is 24.5. The van der Waals surface area contributed by atoms with Crippen LogP contribution in [-0.2, 0) is 11.3 Å². The Hall–Kier alpha value is -5.99. The summed E-state index contributed by atoms with van der Waals surface area (Å²) in [5, 5.41) is 18.1. The first-order valence-corrected chi connectivity index (χ1v) is 14.0. The highest BCUT2D eigenvalue weighted by molar-refractivity contribution is 5.95. The van der Waals surface area contributed by atoms with E-state index in [4.69, 9.17) is 14.9 Å². The zero-order chi connectivity index (χ0) is 31.9. The number of benzene rings is 3. The van der Waals surface area contributed by atoms with E-state index >= 15 is 0 Å². The zero-order valence-electron chi connectivity index (χ0n) is 24.5. The van der Waals surface area contributed by atoms with Gasteiger partial charge in [0.15, 0.2) is 11.4 Å². The first kappa shape index (κ1) is 31.9. The van der Waals surface area contributed by atoms with Crippen molar-refractivity contribution >= 4 is 11.9 Å². The van der Waals surface area contributed by atoms with Crippen LogP contribution in [-0.4, -0.2) is 44.2 Å². The second kappa shape index (κ2) is 16.6. The van der Waals surface area contributed by atoms with Crippen LogP contribution in [0.3, 0.4) is 0 Å². The summed E-state index contributed by atoms with van der Waals surface area (Å²) in [7, 11) is 1.35. The average molecular weight is 598 g/mol. The van der Waals surface area contributed by atoms with Gasteiger partial charge < -0.3 is 14.9 Å². The van der Waals surface area contributed by atoms with Crippen molar-refractivity contribution in [1.82, 2.24) is 15.0 Å². The van der Waals surface area contributed by atoms with E-state index in [1.165, 1.54) is 13.3 Å².